The van der Waals surface area contributed by atoms with Crippen LogP contribution in [0.25, 0.3) is 22.8 Å². The summed E-state index contributed by atoms with van der Waals surface area (Å²) in [4.78, 5) is 21.4. The molecule has 5 rings (SSSR count). The number of benzene rings is 2. The third kappa shape index (κ3) is 4.53. The molecule has 4 aromatic rings. The van der Waals surface area contributed by atoms with Crippen molar-refractivity contribution in [3.63, 3.8) is 0 Å². The van der Waals surface area contributed by atoms with Crippen LogP contribution in [0.5, 0.6) is 0 Å². The normalized spacial score (nSPS) is 10.8. The summed E-state index contributed by atoms with van der Waals surface area (Å²) >= 11 is 0. The van der Waals surface area contributed by atoms with E-state index in [1.54, 1.807) is 12.1 Å². The number of hydrogen-bond acceptors (Lipinski definition) is 4. The summed E-state index contributed by atoms with van der Waals surface area (Å²) in [6.45, 7) is 0. The fourth-order valence-corrected chi connectivity index (χ4v) is 3.48. The van der Waals surface area contributed by atoms with Gasteiger partial charge in [-0.1, -0.05) is 5.57 Å². The smallest absolute Gasteiger partial charge is 0.269 e. The zero-order chi connectivity index (χ0) is 21.1. The van der Waals surface area contributed by atoms with Gasteiger partial charge in [0.1, 0.15) is 0 Å². The van der Waals surface area contributed by atoms with Gasteiger partial charge < -0.3 is 30.3 Å². The van der Waals surface area contributed by atoms with Crippen LogP contribution in [0.4, 0.5) is 11.4 Å². The Hall–Kier alpha value is -3.80. The minimum absolute atomic E-state index is 0. The Morgan fingerprint density at radius 1 is 0.710 bits per heavy atom. The third-order valence-electron chi connectivity index (χ3n) is 4.85. The maximum Gasteiger partial charge on any atom is 0.269 e. The summed E-state index contributed by atoms with van der Waals surface area (Å²) in [5.74, 6) is 0. The van der Waals surface area contributed by atoms with Crippen LogP contribution in [0.3, 0.4) is 0 Å². The second kappa shape index (κ2) is 9.34. The zero-order valence-electron chi connectivity index (χ0n) is 16.1. The molecule has 0 saturated heterocycles. The van der Waals surface area contributed by atoms with Gasteiger partial charge in [0.15, 0.2) is 0 Å². The molecule has 0 aliphatic heterocycles. The predicted octanol–water partition coefficient (Wildman–Crippen LogP) is 6.19. The van der Waals surface area contributed by atoms with E-state index >= 15 is 0 Å². The van der Waals surface area contributed by atoms with Crippen LogP contribution in [0.1, 0.15) is 16.7 Å². The van der Waals surface area contributed by atoms with E-state index in [2.05, 4.69) is 0 Å². The minimum atomic E-state index is -0.439. The molecule has 7 heteroatoms. The summed E-state index contributed by atoms with van der Waals surface area (Å²) in [6.07, 6.45) is 1.90. The van der Waals surface area contributed by atoms with Crippen molar-refractivity contribution in [1.82, 2.24) is 0 Å². The van der Waals surface area contributed by atoms with Crippen molar-refractivity contribution >= 4 is 23.0 Å². The molecule has 31 heavy (non-hydrogen) atoms. The van der Waals surface area contributed by atoms with Gasteiger partial charge in [-0.05, 0) is 34.4 Å². The van der Waals surface area contributed by atoms with Crippen molar-refractivity contribution in [3.05, 3.63) is 128 Å². The van der Waals surface area contributed by atoms with Gasteiger partial charge in [-0.3, -0.25) is 20.2 Å². The first-order valence-electron chi connectivity index (χ1n) is 9.22. The first-order chi connectivity index (χ1) is 14.5. The Labute approximate surface area is 189 Å². The summed E-state index contributed by atoms with van der Waals surface area (Å²) < 4.78 is 0. The van der Waals surface area contributed by atoms with E-state index in [9.17, 15) is 20.2 Å². The standard InChI is InChI=1S/C19H11N2O4.C5H5.Fe/c22-20(23)13-5-7-15-16-8-6-14(21(24)25)11-19(16)17(18(15)10-13)9-12-3-1-2-4-12;1-2-4-5-3-1;/h1-11H;1-5H;/q-1;-5;. The summed E-state index contributed by atoms with van der Waals surface area (Å²) in [6, 6.07) is 27.0. The quantitative estimate of drug-likeness (QED) is 0.141. The van der Waals surface area contributed by atoms with E-state index in [4.69, 9.17) is 0 Å². The molecular weight excluding hydrogens is 436 g/mol. The van der Waals surface area contributed by atoms with Crippen molar-refractivity contribution in [1.29, 1.82) is 0 Å². The van der Waals surface area contributed by atoms with E-state index < -0.39 is 9.85 Å². The fourth-order valence-electron chi connectivity index (χ4n) is 3.48. The molecule has 0 N–H and O–H groups in total. The first kappa shape index (κ1) is 21.9. The number of non-ortho nitro benzene ring substituents is 2. The van der Waals surface area contributed by atoms with Gasteiger partial charge in [0.25, 0.3) is 11.4 Å². The van der Waals surface area contributed by atoms with E-state index in [1.165, 1.54) is 24.3 Å². The summed E-state index contributed by atoms with van der Waals surface area (Å²) in [5.41, 5.74) is 4.79. The molecule has 0 amide bonds. The molecule has 0 bridgehead atoms. The third-order valence-corrected chi connectivity index (χ3v) is 4.85. The molecule has 6 nitrogen and oxygen atoms in total. The molecule has 0 spiro atoms. The molecule has 0 radical (unpaired) electrons. The molecule has 0 unspecified atom stereocenters. The van der Waals surface area contributed by atoms with Crippen molar-refractivity contribution in [2.45, 2.75) is 0 Å². The Morgan fingerprint density at radius 3 is 1.52 bits per heavy atom. The number of nitrogens with zero attached hydrogens (tertiary/aromatic N) is 2. The van der Waals surface area contributed by atoms with Crippen LogP contribution in [-0.4, -0.2) is 9.85 Å². The average Bonchev–Trinajstić information content (AvgIpc) is 3.51. The monoisotopic (exact) mass is 452 g/mol. The molecule has 0 atom stereocenters. The number of nitro groups is 2. The van der Waals surface area contributed by atoms with Gasteiger partial charge in [-0.25, -0.2) is 0 Å². The Balaban J connectivity index is 0.000000401. The molecule has 1 aliphatic rings. The molecule has 0 saturated carbocycles. The van der Waals surface area contributed by atoms with Gasteiger partial charge in [0.05, 0.1) is 9.85 Å². The second-order valence-corrected chi connectivity index (χ2v) is 6.71. The molecular formula is C24H16FeN2O4-6. The van der Waals surface area contributed by atoms with E-state index in [-0.39, 0.29) is 28.4 Å². The van der Waals surface area contributed by atoms with Crippen LogP contribution >= 0.6 is 0 Å². The number of rotatable bonds is 3. The number of fused-ring (bicyclic) bond motifs is 3. The van der Waals surface area contributed by atoms with Crippen molar-refractivity contribution in [2.24, 2.45) is 0 Å². The van der Waals surface area contributed by atoms with Crippen molar-refractivity contribution in [3.8, 4) is 11.1 Å². The van der Waals surface area contributed by atoms with Gasteiger partial charge in [-0.2, -0.15) is 12.1 Å². The van der Waals surface area contributed by atoms with E-state index in [1.807, 2.05) is 60.7 Å². The molecule has 0 aromatic heterocycles. The zero-order valence-corrected chi connectivity index (χ0v) is 17.2. The molecule has 0 heterocycles. The molecule has 1 aliphatic carbocycles. The van der Waals surface area contributed by atoms with Gasteiger partial charge in [-0.15, -0.1) is 23.8 Å². The Bertz CT molecular complexity index is 1160. The van der Waals surface area contributed by atoms with Gasteiger partial charge in [0, 0.05) is 41.3 Å². The van der Waals surface area contributed by atoms with Crippen LogP contribution in [0, 0.1) is 20.2 Å². The Morgan fingerprint density at radius 2 is 1.13 bits per heavy atom. The fraction of sp³-hybridized carbons (Fsp3) is 0. The SMILES string of the molecule is O=[N+]([O-])c1ccc2c(c1)C(=C[c-]1cccc1)c1cc([N+](=O)[O-])ccc1-2.[Fe].[cH-]1[cH-][cH-][cH-][cH-]1. The second-order valence-electron chi connectivity index (χ2n) is 6.71. The van der Waals surface area contributed by atoms with Crippen LogP contribution in [0.15, 0.2) is 91.0 Å². The average molecular weight is 452 g/mol. The topological polar surface area (TPSA) is 86.3 Å². The summed E-state index contributed by atoms with van der Waals surface area (Å²) in [7, 11) is 0. The van der Waals surface area contributed by atoms with Crippen LogP contribution in [0.2, 0.25) is 0 Å². The molecule has 160 valence electrons. The maximum absolute atomic E-state index is 11.1. The minimum Gasteiger partial charge on any atom is -0.748 e. The summed E-state index contributed by atoms with van der Waals surface area (Å²) in [5, 5.41) is 22.3. The molecule has 4 aromatic carbocycles. The molecule has 0 fully saturated rings. The maximum atomic E-state index is 11.1. The number of nitro benzene ring substituents is 2. The van der Waals surface area contributed by atoms with Crippen molar-refractivity contribution < 1.29 is 26.9 Å². The van der Waals surface area contributed by atoms with Crippen LogP contribution < -0.4 is 0 Å². The van der Waals surface area contributed by atoms with Gasteiger partial charge in [0.2, 0.25) is 0 Å². The first-order valence-corrected chi connectivity index (χ1v) is 9.22. The van der Waals surface area contributed by atoms with E-state index in [0.717, 1.165) is 22.3 Å². The van der Waals surface area contributed by atoms with E-state index in [0.29, 0.717) is 11.1 Å². The largest absolute Gasteiger partial charge is 0.748 e. The van der Waals surface area contributed by atoms with Crippen LogP contribution in [-0.2, 0) is 17.1 Å². The Kier molecular flexibility index (Phi) is 6.60. The van der Waals surface area contributed by atoms with Gasteiger partial charge >= 0.3 is 0 Å². The predicted molar refractivity (Wildman–Crippen MR) is 116 cm³/mol. The van der Waals surface area contributed by atoms with Crippen molar-refractivity contribution in [2.75, 3.05) is 0 Å². The number of hydrogen-bond donors (Lipinski definition) is 0.